The molecule has 36 heavy (non-hydrogen) atoms. The van der Waals surface area contributed by atoms with Crippen molar-refractivity contribution < 1.29 is 33.4 Å². The predicted octanol–water partition coefficient (Wildman–Crippen LogP) is 2.66. The molecule has 1 heterocycles. The molecule has 0 unspecified atom stereocenters. The molecule has 2 rings (SSSR count). The Morgan fingerprint density at radius 2 is 1.81 bits per heavy atom. The molecule has 0 aliphatic carbocycles. The van der Waals surface area contributed by atoms with E-state index >= 15 is 0 Å². The Morgan fingerprint density at radius 3 is 2.53 bits per heavy atom. The second-order valence-electron chi connectivity index (χ2n) is 8.34. The number of anilines is 1. The number of hydrogen-bond acceptors (Lipinski definition) is 9. The van der Waals surface area contributed by atoms with Gasteiger partial charge in [-0.3, -0.25) is 14.9 Å². The molecule has 0 spiro atoms. The van der Waals surface area contributed by atoms with Crippen LogP contribution in [0.2, 0.25) is 0 Å². The van der Waals surface area contributed by atoms with E-state index in [0.717, 1.165) is 16.9 Å². The minimum absolute atomic E-state index is 0.0686. The number of nitrogens with zero attached hydrogens (tertiary/aromatic N) is 1. The van der Waals surface area contributed by atoms with Crippen molar-refractivity contribution >= 4 is 40.5 Å². The topological polar surface area (TPSA) is 157 Å². The summed E-state index contributed by atoms with van der Waals surface area (Å²) in [5.74, 6) is -0.538. The van der Waals surface area contributed by atoms with E-state index in [-0.39, 0.29) is 23.9 Å². The van der Waals surface area contributed by atoms with Crippen LogP contribution in [0.25, 0.3) is 0 Å². The van der Waals surface area contributed by atoms with Crippen LogP contribution in [-0.4, -0.2) is 61.4 Å². The summed E-state index contributed by atoms with van der Waals surface area (Å²) >= 11 is 1.07. The Balaban J connectivity index is 1.76. The third kappa shape index (κ3) is 10.6. The van der Waals surface area contributed by atoms with Gasteiger partial charge in [0.1, 0.15) is 23.6 Å². The summed E-state index contributed by atoms with van der Waals surface area (Å²) in [5, 5.41) is 12.0. The van der Waals surface area contributed by atoms with Gasteiger partial charge < -0.3 is 30.2 Å². The molecule has 0 saturated heterocycles. The number of thiazole rings is 1. The summed E-state index contributed by atoms with van der Waals surface area (Å²) in [7, 11) is 1.22. The fourth-order valence-corrected chi connectivity index (χ4v) is 3.30. The number of hydrogen-bond donors (Lipinski definition) is 4. The van der Waals surface area contributed by atoms with E-state index in [4.69, 9.17) is 9.47 Å². The molecule has 1 aromatic carbocycles. The molecule has 2 aromatic rings. The highest BCUT2D eigenvalue weighted by atomic mass is 32.1. The SMILES string of the molecule is COC(=O)CNC(=O)c1csc(NC(=O)NCc2ccccc2OCCCNC(=O)OC(C)(C)C)n1. The Bertz CT molecular complexity index is 1050. The van der Waals surface area contributed by atoms with Crippen LogP contribution in [0, 0.1) is 0 Å². The second kappa shape index (κ2) is 13.9. The van der Waals surface area contributed by atoms with Gasteiger partial charge in [-0.15, -0.1) is 11.3 Å². The van der Waals surface area contributed by atoms with Gasteiger partial charge >= 0.3 is 18.1 Å². The largest absolute Gasteiger partial charge is 0.493 e. The number of benzene rings is 1. The molecule has 4 N–H and O–H groups in total. The van der Waals surface area contributed by atoms with E-state index in [1.54, 1.807) is 26.8 Å². The highest BCUT2D eigenvalue weighted by molar-refractivity contribution is 7.14. The monoisotopic (exact) mass is 521 g/mol. The zero-order chi connectivity index (χ0) is 26.6. The van der Waals surface area contributed by atoms with Crippen LogP contribution in [0.5, 0.6) is 5.75 Å². The highest BCUT2D eigenvalue weighted by Crippen LogP contribution is 2.19. The molecule has 0 aliphatic rings. The lowest BCUT2D eigenvalue weighted by Crippen LogP contribution is -2.33. The van der Waals surface area contributed by atoms with Gasteiger partial charge in [-0.05, 0) is 33.3 Å². The molecule has 196 valence electrons. The molecule has 0 bridgehead atoms. The summed E-state index contributed by atoms with van der Waals surface area (Å²) in [6.45, 7) is 6.05. The number of nitrogens with one attached hydrogen (secondary N) is 4. The number of ether oxygens (including phenoxy) is 3. The Morgan fingerprint density at radius 1 is 1.06 bits per heavy atom. The van der Waals surface area contributed by atoms with Crippen LogP contribution in [0.1, 0.15) is 43.2 Å². The van der Waals surface area contributed by atoms with Crippen molar-refractivity contribution in [1.82, 2.24) is 20.9 Å². The number of rotatable bonds is 11. The summed E-state index contributed by atoms with van der Waals surface area (Å²) in [5.41, 5.74) is 0.273. The zero-order valence-electron chi connectivity index (χ0n) is 20.6. The van der Waals surface area contributed by atoms with Gasteiger partial charge in [0.2, 0.25) is 0 Å². The molecule has 0 radical (unpaired) electrons. The van der Waals surface area contributed by atoms with Crippen molar-refractivity contribution in [2.24, 2.45) is 0 Å². The molecular weight excluding hydrogens is 490 g/mol. The second-order valence-corrected chi connectivity index (χ2v) is 9.20. The van der Waals surface area contributed by atoms with Crippen molar-refractivity contribution in [3.05, 3.63) is 40.9 Å². The molecular formula is C23H31N5O7S. The van der Waals surface area contributed by atoms with Crippen LogP contribution in [0.3, 0.4) is 0 Å². The van der Waals surface area contributed by atoms with Gasteiger partial charge in [-0.1, -0.05) is 18.2 Å². The van der Waals surface area contributed by atoms with E-state index in [2.05, 4.69) is 31.0 Å². The van der Waals surface area contributed by atoms with Crippen LogP contribution in [0.4, 0.5) is 14.7 Å². The first-order chi connectivity index (χ1) is 17.1. The molecule has 12 nitrogen and oxygen atoms in total. The van der Waals surface area contributed by atoms with Crippen molar-refractivity contribution in [1.29, 1.82) is 0 Å². The number of urea groups is 1. The van der Waals surface area contributed by atoms with Gasteiger partial charge in [0.05, 0.1) is 13.7 Å². The van der Waals surface area contributed by atoms with E-state index in [9.17, 15) is 19.2 Å². The van der Waals surface area contributed by atoms with Crippen LogP contribution >= 0.6 is 11.3 Å². The fourth-order valence-electron chi connectivity index (χ4n) is 2.62. The number of carbonyl (C=O) groups is 4. The van der Waals surface area contributed by atoms with Gasteiger partial charge in [0.25, 0.3) is 5.91 Å². The number of esters is 1. The van der Waals surface area contributed by atoms with Crippen LogP contribution in [-0.2, 0) is 20.8 Å². The first-order valence-electron chi connectivity index (χ1n) is 11.1. The number of methoxy groups -OCH3 is 1. The average molecular weight is 522 g/mol. The Kier molecular flexibility index (Phi) is 10.9. The van der Waals surface area contributed by atoms with Gasteiger partial charge in [0.15, 0.2) is 5.13 Å². The Hall–Kier alpha value is -3.87. The van der Waals surface area contributed by atoms with E-state index in [1.807, 2.05) is 18.2 Å². The lowest BCUT2D eigenvalue weighted by Gasteiger charge is -2.19. The standard InChI is InChI=1S/C23H31N5O7S/c1-23(2,3)35-22(32)24-10-7-11-34-17-9-6-5-8-15(17)12-26-20(31)28-21-27-16(14-36-21)19(30)25-13-18(29)33-4/h5-6,8-9,14H,7,10-13H2,1-4H3,(H,24,32)(H,25,30)(H2,26,27,28,31). The molecule has 13 heteroatoms. The maximum Gasteiger partial charge on any atom is 0.407 e. The number of amides is 4. The third-order valence-electron chi connectivity index (χ3n) is 4.24. The first-order valence-corrected chi connectivity index (χ1v) is 12.0. The van der Waals surface area contributed by atoms with Crippen LogP contribution < -0.4 is 26.0 Å². The van der Waals surface area contributed by atoms with E-state index in [1.165, 1.54) is 12.5 Å². The lowest BCUT2D eigenvalue weighted by molar-refractivity contribution is -0.139. The van der Waals surface area contributed by atoms with Crippen molar-refractivity contribution in [3.63, 3.8) is 0 Å². The number of alkyl carbamates (subject to hydrolysis) is 1. The summed E-state index contributed by atoms with van der Waals surface area (Å²) < 4.78 is 15.4. The summed E-state index contributed by atoms with van der Waals surface area (Å²) in [6, 6.07) is 6.74. The fraction of sp³-hybridized carbons (Fsp3) is 0.435. The Labute approximate surface area is 213 Å². The van der Waals surface area contributed by atoms with Crippen molar-refractivity contribution in [2.45, 2.75) is 39.3 Å². The quantitative estimate of drug-likeness (QED) is 0.260. The minimum atomic E-state index is -0.585. The van der Waals surface area contributed by atoms with Crippen molar-refractivity contribution in [3.8, 4) is 5.75 Å². The maximum atomic E-state index is 12.3. The van der Waals surface area contributed by atoms with Crippen molar-refractivity contribution in [2.75, 3.05) is 32.1 Å². The lowest BCUT2D eigenvalue weighted by atomic mass is 10.2. The van der Waals surface area contributed by atoms with Crippen LogP contribution in [0.15, 0.2) is 29.6 Å². The van der Waals surface area contributed by atoms with E-state index < -0.39 is 29.6 Å². The summed E-state index contributed by atoms with van der Waals surface area (Å²) in [6.07, 6.45) is 0.0912. The zero-order valence-corrected chi connectivity index (χ0v) is 21.5. The number of aromatic nitrogens is 1. The van der Waals surface area contributed by atoms with Gasteiger partial charge in [-0.2, -0.15) is 0 Å². The molecule has 0 saturated carbocycles. The molecule has 1 aromatic heterocycles. The summed E-state index contributed by atoms with van der Waals surface area (Å²) in [4.78, 5) is 51.1. The predicted molar refractivity (Wildman–Crippen MR) is 133 cm³/mol. The normalized spacial score (nSPS) is 10.7. The molecule has 0 atom stereocenters. The average Bonchev–Trinajstić information content (AvgIpc) is 3.28. The smallest absolute Gasteiger partial charge is 0.407 e. The van der Waals surface area contributed by atoms with Gasteiger partial charge in [-0.25, -0.2) is 14.6 Å². The number of para-hydroxylation sites is 1. The van der Waals surface area contributed by atoms with Gasteiger partial charge in [0, 0.05) is 24.0 Å². The molecule has 0 aliphatic heterocycles. The molecule has 4 amide bonds. The first kappa shape index (κ1) is 28.4. The number of carbonyl (C=O) groups excluding carboxylic acids is 4. The van der Waals surface area contributed by atoms with E-state index in [0.29, 0.717) is 25.3 Å². The maximum absolute atomic E-state index is 12.3. The minimum Gasteiger partial charge on any atom is -0.493 e. The molecule has 0 fully saturated rings. The highest BCUT2D eigenvalue weighted by Gasteiger charge is 2.16. The third-order valence-corrected chi connectivity index (χ3v) is 4.99.